The maximum Gasteiger partial charge on any atom is 0.268 e. The minimum atomic E-state index is -2.97. The van der Waals surface area contributed by atoms with Gasteiger partial charge in [-0.2, -0.15) is 5.26 Å². The predicted octanol–water partition coefficient (Wildman–Crippen LogP) is 2.55. The van der Waals surface area contributed by atoms with E-state index in [-0.39, 0.29) is 0 Å². The molecule has 2 rings (SSSR count). The highest BCUT2D eigenvalue weighted by molar-refractivity contribution is 5.84. The van der Waals surface area contributed by atoms with Crippen molar-refractivity contribution in [1.29, 1.82) is 5.26 Å². The van der Waals surface area contributed by atoms with Gasteiger partial charge in [-0.15, -0.1) is 0 Å². The highest BCUT2D eigenvalue weighted by Gasteiger charge is 2.47. The van der Waals surface area contributed by atoms with Crippen LogP contribution < -0.4 is 0 Å². The van der Waals surface area contributed by atoms with Gasteiger partial charge >= 0.3 is 0 Å². The van der Waals surface area contributed by atoms with E-state index in [0.29, 0.717) is 0 Å². The number of nitrogens with zero attached hydrogens (tertiary/aromatic N) is 2. The number of likely N-dealkylation sites (tertiary alicyclic amines) is 1. The van der Waals surface area contributed by atoms with E-state index < -0.39 is 36.8 Å². The molecule has 19 heavy (non-hydrogen) atoms. The van der Waals surface area contributed by atoms with E-state index >= 15 is 0 Å². The fraction of sp³-hybridized carbons (Fsp3) is 0.429. The molecule has 0 N–H and O–H groups in total. The van der Waals surface area contributed by atoms with Crippen LogP contribution in [0.4, 0.5) is 8.78 Å². The van der Waals surface area contributed by atoms with Crippen LogP contribution in [0.3, 0.4) is 0 Å². The SMILES string of the molecule is C[C@H](C(=O)N1CC(F)(F)CC1C#N)c1ccccc1. The number of benzene rings is 1. The minimum absolute atomic E-state index is 0.421. The Morgan fingerprint density at radius 3 is 2.68 bits per heavy atom. The fourth-order valence-corrected chi connectivity index (χ4v) is 2.30. The molecule has 3 nitrogen and oxygen atoms in total. The zero-order valence-electron chi connectivity index (χ0n) is 10.5. The molecule has 1 amide bonds. The van der Waals surface area contributed by atoms with Gasteiger partial charge in [-0.25, -0.2) is 8.78 Å². The van der Waals surface area contributed by atoms with E-state index in [4.69, 9.17) is 5.26 Å². The van der Waals surface area contributed by atoms with Gasteiger partial charge in [-0.3, -0.25) is 4.79 Å². The Balaban J connectivity index is 2.18. The van der Waals surface area contributed by atoms with Gasteiger partial charge in [0.1, 0.15) is 6.04 Å². The molecule has 0 radical (unpaired) electrons. The molecular formula is C14H14F2N2O. The van der Waals surface area contributed by atoms with Crippen molar-refractivity contribution in [2.45, 2.75) is 31.2 Å². The second-order valence-electron chi connectivity index (χ2n) is 4.80. The van der Waals surface area contributed by atoms with Crippen LogP contribution in [0.2, 0.25) is 0 Å². The van der Waals surface area contributed by atoms with Crippen molar-refractivity contribution in [3.8, 4) is 6.07 Å². The average molecular weight is 264 g/mol. The largest absolute Gasteiger partial charge is 0.320 e. The standard InChI is InChI=1S/C14H14F2N2O/c1-10(11-5-3-2-4-6-11)13(19)18-9-14(15,16)7-12(18)8-17/h2-6,10,12H,7,9H2,1H3/t10-,12?/m0/s1. The van der Waals surface area contributed by atoms with Gasteiger partial charge in [0.15, 0.2) is 0 Å². The number of amides is 1. The van der Waals surface area contributed by atoms with Crippen LogP contribution in [-0.4, -0.2) is 29.3 Å². The van der Waals surface area contributed by atoms with Crippen molar-refractivity contribution >= 4 is 5.91 Å². The van der Waals surface area contributed by atoms with Crippen LogP contribution in [0.15, 0.2) is 30.3 Å². The summed E-state index contributed by atoms with van der Waals surface area (Å²) in [7, 11) is 0. The molecular weight excluding hydrogens is 250 g/mol. The number of alkyl halides is 2. The zero-order valence-corrected chi connectivity index (χ0v) is 10.5. The fourth-order valence-electron chi connectivity index (χ4n) is 2.30. The van der Waals surface area contributed by atoms with Crippen molar-refractivity contribution in [3.63, 3.8) is 0 Å². The third kappa shape index (κ3) is 2.73. The lowest BCUT2D eigenvalue weighted by Crippen LogP contribution is -2.38. The molecule has 2 atom stereocenters. The molecule has 1 saturated heterocycles. The smallest absolute Gasteiger partial charge is 0.268 e. The Morgan fingerprint density at radius 2 is 2.11 bits per heavy atom. The molecule has 0 aromatic heterocycles. The number of halogens is 2. The second kappa shape index (κ2) is 4.96. The first-order valence-electron chi connectivity index (χ1n) is 6.07. The first kappa shape index (κ1) is 13.5. The topological polar surface area (TPSA) is 44.1 Å². The van der Waals surface area contributed by atoms with Gasteiger partial charge in [-0.1, -0.05) is 30.3 Å². The van der Waals surface area contributed by atoms with Gasteiger partial charge in [0.2, 0.25) is 5.91 Å². The van der Waals surface area contributed by atoms with E-state index in [0.717, 1.165) is 10.5 Å². The number of hydrogen-bond donors (Lipinski definition) is 0. The third-order valence-corrected chi connectivity index (χ3v) is 3.37. The monoisotopic (exact) mass is 264 g/mol. The Kier molecular flexibility index (Phi) is 3.52. The Morgan fingerprint density at radius 1 is 1.47 bits per heavy atom. The van der Waals surface area contributed by atoms with E-state index in [1.54, 1.807) is 37.3 Å². The first-order valence-corrected chi connectivity index (χ1v) is 6.07. The lowest BCUT2D eigenvalue weighted by atomic mass is 9.99. The second-order valence-corrected chi connectivity index (χ2v) is 4.80. The van der Waals surface area contributed by atoms with Gasteiger partial charge in [0, 0.05) is 6.42 Å². The quantitative estimate of drug-likeness (QED) is 0.824. The molecule has 1 aromatic carbocycles. The van der Waals surface area contributed by atoms with Crippen molar-refractivity contribution in [2.24, 2.45) is 0 Å². The molecule has 0 spiro atoms. The van der Waals surface area contributed by atoms with Crippen molar-refractivity contribution in [2.75, 3.05) is 6.54 Å². The molecule has 1 aliphatic rings. The molecule has 1 heterocycles. The summed E-state index contributed by atoms with van der Waals surface area (Å²) in [6, 6.07) is 9.70. The van der Waals surface area contributed by atoms with Crippen LogP contribution in [0.5, 0.6) is 0 Å². The molecule has 1 fully saturated rings. The average Bonchev–Trinajstić information content (AvgIpc) is 2.73. The molecule has 1 aliphatic heterocycles. The number of rotatable bonds is 2. The molecule has 1 unspecified atom stereocenters. The van der Waals surface area contributed by atoms with Crippen LogP contribution >= 0.6 is 0 Å². The van der Waals surface area contributed by atoms with Gasteiger partial charge in [0.05, 0.1) is 18.5 Å². The molecule has 1 aromatic rings. The number of nitriles is 1. The number of carbonyl (C=O) groups is 1. The summed E-state index contributed by atoms with van der Waals surface area (Å²) in [5, 5.41) is 8.89. The highest BCUT2D eigenvalue weighted by Crippen LogP contribution is 2.33. The number of carbonyl (C=O) groups excluding carboxylic acids is 1. The third-order valence-electron chi connectivity index (χ3n) is 3.37. The summed E-state index contributed by atoms with van der Waals surface area (Å²) in [6.07, 6.45) is -0.573. The molecule has 0 aliphatic carbocycles. The van der Waals surface area contributed by atoms with Crippen molar-refractivity contribution in [3.05, 3.63) is 35.9 Å². The van der Waals surface area contributed by atoms with E-state index in [2.05, 4.69) is 0 Å². The summed E-state index contributed by atoms with van der Waals surface area (Å²) in [6.45, 7) is 1.00. The van der Waals surface area contributed by atoms with Crippen LogP contribution in [-0.2, 0) is 4.79 Å². The van der Waals surface area contributed by atoms with Gasteiger partial charge < -0.3 is 4.90 Å². The summed E-state index contributed by atoms with van der Waals surface area (Å²) in [5.41, 5.74) is 0.763. The normalized spacial score (nSPS) is 22.8. The lowest BCUT2D eigenvalue weighted by Gasteiger charge is -2.23. The molecule has 5 heteroatoms. The minimum Gasteiger partial charge on any atom is -0.320 e. The van der Waals surface area contributed by atoms with Crippen LogP contribution in [0, 0.1) is 11.3 Å². The Labute approximate surface area is 110 Å². The van der Waals surface area contributed by atoms with Gasteiger partial charge in [0.25, 0.3) is 5.92 Å². The highest BCUT2D eigenvalue weighted by atomic mass is 19.3. The summed E-state index contributed by atoms with van der Waals surface area (Å²) >= 11 is 0. The molecule has 0 saturated carbocycles. The Bertz CT molecular complexity index is 510. The van der Waals surface area contributed by atoms with E-state index in [9.17, 15) is 13.6 Å². The van der Waals surface area contributed by atoms with E-state index in [1.807, 2.05) is 6.07 Å². The molecule has 100 valence electrons. The molecule has 0 bridgehead atoms. The predicted molar refractivity (Wildman–Crippen MR) is 65.5 cm³/mol. The van der Waals surface area contributed by atoms with Crippen LogP contribution in [0.1, 0.15) is 24.8 Å². The first-order chi connectivity index (χ1) is 8.94. The van der Waals surface area contributed by atoms with Crippen LogP contribution in [0.25, 0.3) is 0 Å². The number of hydrogen-bond acceptors (Lipinski definition) is 2. The maximum atomic E-state index is 13.3. The summed E-state index contributed by atoms with van der Waals surface area (Å²) in [5.74, 6) is -3.91. The van der Waals surface area contributed by atoms with E-state index in [1.165, 1.54) is 0 Å². The summed E-state index contributed by atoms with van der Waals surface area (Å²) < 4.78 is 26.6. The zero-order chi connectivity index (χ0) is 14.0. The lowest BCUT2D eigenvalue weighted by molar-refractivity contribution is -0.133. The van der Waals surface area contributed by atoms with Crippen molar-refractivity contribution in [1.82, 2.24) is 4.90 Å². The Hall–Kier alpha value is -1.96. The van der Waals surface area contributed by atoms with Crippen molar-refractivity contribution < 1.29 is 13.6 Å². The summed E-state index contributed by atoms with van der Waals surface area (Å²) in [4.78, 5) is 13.2. The van der Waals surface area contributed by atoms with Gasteiger partial charge in [-0.05, 0) is 12.5 Å². The maximum absolute atomic E-state index is 13.3.